The molecule has 0 radical (unpaired) electrons. The first-order valence-electron chi connectivity index (χ1n) is 13.5. The molecular weight excluding hydrogens is 621 g/mol. The summed E-state index contributed by atoms with van der Waals surface area (Å²) in [5.41, 5.74) is -0.905. The van der Waals surface area contributed by atoms with Crippen LogP contribution in [0, 0.1) is 0 Å². The number of hydrogen-bond acceptors (Lipinski definition) is 8. The number of amides is 2. The molecule has 0 spiro atoms. The third kappa shape index (κ3) is 7.30. The number of nitrogens with one attached hydrogen (secondary N) is 3. The average molecular weight is 649 g/mol. The highest BCUT2D eigenvalue weighted by Gasteiger charge is 2.39. The number of rotatable bonds is 6. The monoisotopic (exact) mass is 648 g/mol. The maximum Gasteiger partial charge on any atom is 0.449 e. The van der Waals surface area contributed by atoms with E-state index >= 15 is 0 Å². The van der Waals surface area contributed by atoms with Crippen molar-refractivity contribution in [2.75, 3.05) is 10.6 Å². The van der Waals surface area contributed by atoms with Crippen LogP contribution in [0.5, 0.6) is 0 Å². The highest BCUT2D eigenvalue weighted by Crippen LogP contribution is 2.34. The minimum atomic E-state index is -4.95. The van der Waals surface area contributed by atoms with Crippen molar-refractivity contribution in [1.82, 2.24) is 19.9 Å². The molecule has 0 aliphatic carbocycles. The number of aryl methyl sites for hydroxylation is 1. The van der Waals surface area contributed by atoms with Crippen LogP contribution in [0.1, 0.15) is 55.2 Å². The van der Waals surface area contributed by atoms with Gasteiger partial charge in [0.25, 0.3) is 5.56 Å². The molecule has 0 unspecified atom stereocenters. The lowest BCUT2D eigenvalue weighted by atomic mass is 9.96. The van der Waals surface area contributed by atoms with Crippen LogP contribution in [-0.4, -0.2) is 32.1 Å². The van der Waals surface area contributed by atoms with Crippen molar-refractivity contribution in [3.63, 3.8) is 0 Å². The fourth-order valence-corrected chi connectivity index (χ4v) is 5.84. The summed E-state index contributed by atoms with van der Waals surface area (Å²) >= 11 is 7.27. The van der Waals surface area contributed by atoms with E-state index in [-0.39, 0.29) is 36.2 Å². The number of anilines is 2. The number of aromatic nitrogens is 3. The Morgan fingerprint density at radius 1 is 1.18 bits per heavy atom. The number of halogens is 4. The summed E-state index contributed by atoms with van der Waals surface area (Å²) in [6.07, 6.45) is -3.50. The molecule has 10 nitrogen and oxygen atoms in total. The SMILES string of the molecule is CC(C)(C)OC(=O)Nc1cc2sc(CNC(=O)Cn3c(C(F)(F)F)nc4c(c3=O)N[C@H](c3ccc(Cl)cc3)CC4)cc2cn1. The molecule has 1 aliphatic heterocycles. The summed E-state index contributed by atoms with van der Waals surface area (Å²) in [6, 6.07) is 10.00. The predicted molar refractivity (Wildman–Crippen MR) is 161 cm³/mol. The summed E-state index contributed by atoms with van der Waals surface area (Å²) in [5.74, 6) is -1.96. The Morgan fingerprint density at radius 2 is 1.91 bits per heavy atom. The lowest BCUT2D eigenvalue weighted by Gasteiger charge is -2.28. The third-order valence-corrected chi connectivity index (χ3v) is 7.95. The number of nitrogens with zero attached hydrogens (tertiary/aromatic N) is 3. The van der Waals surface area contributed by atoms with Gasteiger partial charge < -0.3 is 15.4 Å². The molecule has 0 fully saturated rings. The van der Waals surface area contributed by atoms with Gasteiger partial charge in [-0.1, -0.05) is 23.7 Å². The molecule has 232 valence electrons. The van der Waals surface area contributed by atoms with Crippen LogP contribution in [0.25, 0.3) is 10.1 Å². The molecule has 15 heteroatoms. The third-order valence-electron chi connectivity index (χ3n) is 6.60. The Hall–Kier alpha value is -4.17. The molecule has 4 aromatic rings. The van der Waals surface area contributed by atoms with Gasteiger partial charge in [-0.05, 0) is 63.4 Å². The zero-order valence-electron chi connectivity index (χ0n) is 23.8. The van der Waals surface area contributed by atoms with Gasteiger partial charge in [0, 0.05) is 26.2 Å². The van der Waals surface area contributed by atoms with E-state index in [1.165, 1.54) is 11.3 Å². The number of hydrogen-bond donors (Lipinski definition) is 3. The van der Waals surface area contributed by atoms with E-state index in [4.69, 9.17) is 16.3 Å². The Bertz CT molecular complexity index is 1780. The van der Waals surface area contributed by atoms with E-state index in [1.807, 2.05) is 0 Å². The topological polar surface area (TPSA) is 127 Å². The Morgan fingerprint density at radius 3 is 2.59 bits per heavy atom. The van der Waals surface area contributed by atoms with Crippen molar-refractivity contribution in [2.45, 2.75) is 64.5 Å². The zero-order chi connectivity index (χ0) is 31.8. The quantitative estimate of drug-likeness (QED) is 0.224. The van der Waals surface area contributed by atoms with Crippen molar-refractivity contribution in [2.24, 2.45) is 0 Å². The first-order valence-corrected chi connectivity index (χ1v) is 14.7. The van der Waals surface area contributed by atoms with Gasteiger partial charge in [-0.3, -0.25) is 19.5 Å². The molecule has 4 heterocycles. The van der Waals surface area contributed by atoms with E-state index in [0.29, 0.717) is 20.9 Å². The normalized spacial score (nSPS) is 14.9. The number of ether oxygens (including phenoxy) is 1. The van der Waals surface area contributed by atoms with E-state index in [1.54, 1.807) is 63.4 Å². The molecule has 0 bridgehead atoms. The van der Waals surface area contributed by atoms with Crippen LogP contribution in [0.15, 0.2) is 47.4 Å². The lowest BCUT2D eigenvalue weighted by molar-refractivity contribution is -0.148. The molecule has 1 atom stereocenters. The van der Waals surface area contributed by atoms with Gasteiger partial charge in [-0.2, -0.15) is 13.2 Å². The van der Waals surface area contributed by atoms with Gasteiger partial charge in [-0.15, -0.1) is 11.3 Å². The highest BCUT2D eigenvalue weighted by molar-refractivity contribution is 7.19. The number of carbonyl (C=O) groups excluding carboxylic acids is 2. The van der Waals surface area contributed by atoms with Gasteiger partial charge in [0.15, 0.2) is 0 Å². The minimum Gasteiger partial charge on any atom is -0.444 e. The second-order valence-electron chi connectivity index (χ2n) is 11.2. The van der Waals surface area contributed by atoms with Crippen molar-refractivity contribution in [1.29, 1.82) is 0 Å². The maximum absolute atomic E-state index is 14.0. The fourth-order valence-electron chi connectivity index (χ4n) is 4.70. The largest absolute Gasteiger partial charge is 0.449 e. The average Bonchev–Trinajstić information content (AvgIpc) is 3.34. The van der Waals surface area contributed by atoms with Gasteiger partial charge in [0.2, 0.25) is 11.7 Å². The zero-order valence-corrected chi connectivity index (χ0v) is 25.4. The van der Waals surface area contributed by atoms with E-state index < -0.39 is 41.7 Å². The smallest absolute Gasteiger partial charge is 0.444 e. The van der Waals surface area contributed by atoms with Gasteiger partial charge >= 0.3 is 12.3 Å². The van der Waals surface area contributed by atoms with Crippen LogP contribution in [0.4, 0.5) is 29.5 Å². The molecule has 2 amide bonds. The van der Waals surface area contributed by atoms with Gasteiger partial charge in [0.05, 0.1) is 18.3 Å². The fraction of sp³-hybridized carbons (Fsp3) is 0.345. The van der Waals surface area contributed by atoms with Crippen LogP contribution in [0.2, 0.25) is 5.02 Å². The van der Waals surface area contributed by atoms with Crippen molar-refractivity contribution >= 4 is 56.5 Å². The Labute approximate surface area is 258 Å². The van der Waals surface area contributed by atoms with E-state index in [0.717, 1.165) is 15.6 Å². The lowest BCUT2D eigenvalue weighted by Crippen LogP contribution is -2.39. The first kappa shape index (κ1) is 31.3. The minimum absolute atomic E-state index is 0.00162. The molecule has 5 rings (SSSR count). The number of pyridine rings is 1. The van der Waals surface area contributed by atoms with E-state index in [9.17, 15) is 27.6 Å². The van der Waals surface area contributed by atoms with Gasteiger partial charge in [0.1, 0.15) is 23.7 Å². The molecule has 1 aliphatic rings. The van der Waals surface area contributed by atoms with Crippen LogP contribution in [-0.2, 0) is 35.2 Å². The summed E-state index contributed by atoms with van der Waals surface area (Å²) in [4.78, 5) is 46.9. The molecule has 1 aromatic carbocycles. The van der Waals surface area contributed by atoms with Crippen molar-refractivity contribution in [3.05, 3.63) is 79.9 Å². The standard InChI is InChI=1S/C29H28ClF3N6O4S/c1-28(2,3)43-27(42)38-22-11-21-16(12-34-22)10-18(44-21)13-35-23(40)14-39-25(41)24-20(37-26(39)29(31,32)33)9-8-19(36-24)15-4-6-17(30)7-5-15/h4-7,10-12,19,36H,8-9,13-14H2,1-3H3,(H,35,40)(H,34,38,42)/t19-/m0/s1. The first-order chi connectivity index (χ1) is 20.7. The maximum atomic E-state index is 14.0. The van der Waals surface area contributed by atoms with Crippen molar-refractivity contribution in [3.8, 4) is 0 Å². The molecule has 44 heavy (non-hydrogen) atoms. The number of carbonyl (C=O) groups is 2. The highest BCUT2D eigenvalue weighted by atomic mass is 35.5. The molecular formula is C29H28ClF3N6O4S. The Balaban J connectivity index is 1.30. The molecule has 3 N–H and O–H groups in total. The number of alkyl halides is 3. The van der Waals surface area contributed by atoms with Crippen LogP contribution < -0.4 is 21.5 Å². The molecule has 0 saturated heterocycles. The van der Waals surface area contributed by atoms with Gasteiger partial charge in [-0.25, -0.2) is 14.8 Å². The van der Waals surface area contributed by atoms with E-state index in [2.05, 4.69) is 25.9 Å². The molecule has 0 saturated carbocycles. The number of thiophene rings is 1. The second kappa shape index (κ2) is 12.1. The number of benzene rings is 1. The van der Waals surface area contributed by atoms with Crippen molar-refractivity contribution < 1.29 is 27.5 Å². The number of fused-ring (bicyclic) bond motifs is 2. The van der Waals surface area contributed by atoms with Crippen LogP contribution in [0.3, 0.4) is 0 Å². The summed E-state index contributed by atoms with van der Waals surface area (Å²) in [6.45, 7) is 4.33. The summed E-state index contributed by atoms with van der Waals surface area (Å²) in [5, 5.41) is 9.43. The van der Waals surface area contributed by atoms with Crippen LogP contribution >= 0.6 is 22.9 Å². The molecule has 3 aromatic heterocycles. The second-order valence-corrected chi connectivity index (χ2v) is 12.8. The summed E-state index contributed by atoms with van der Waals surface area (Å²) in [7, 11) is 0. The summed E-state index contributed by atoms with van der Waals surface area (Å²) < 4.78 is 48.2. The Kier molecular flexibility index (Phi) is 8.58. The predicted octanol–water partition coefficient (Wildman–Crippen LogP) is 6.29.